The van der Waals surface area contributed by atoms with Crippen molar-refractivity contribution in [2.75, 3.05) is 16.6 Å². The maximum atomic E-state index is 12.8. The van der Waals surface area contributed by atoms with Gasteiger partial charge in [0.1, 0.15) is 0 Å². The Balaban J connectivity index is 2.19. The topological polar surface area (TPSA) is 162 Å². The Morgan fingerprint density at radius 3 is 2.06 bits per heavy atom. The number of hydrogen-bond acceptors (Lipinski definition) is 7. The van der Waals surface area contributed by atoms with Crippen LogP contribution in [0.4, 0.5) is 24.5 Å². The fourth-order valence-electron chi connectivity index (χ4n) is 2.37. The highest BCUT2D eigenvalue weighted by Gasteiger charge is 2.55. The van der Waals surface area contributed by atoms with Gasteiger partial charge in [-0.2, -0.15) is 13.2 Å². The summed E-state index contributed by atoms with van der Waals surface area (Å²) in [6.45, 7) is 1.42. The molecule has 2 aromatic rings. The molecule has 0 saturated carbocycles. The molecule has 35 heavy (non-hydrogen) atoms. The molecular weight excluding hydrogens is 539 g/mol. The molecule has 2 atom stereocenters. The molecule has 194 valence electrons. The van der Waals surface area contributed by atoms with E-state index in [1.54, 1.807) is 5.32 Å². The van der Waals surface area contributed by atoms with Gasteiger partial charge in [0.25, 0.3) is 15.9 Å². The minimum absolute atomic E-state index is 0.0193. The van der Waals surface area contributed by atoms with Crippen molar-refractivity contribution in [3.8, 4) is 0 Å². The summed E-state index contributed by atoms with van der Waals surface area (Å²) in [4.78, 5) is 11.2. The molecule has 5 N–H and O–H groups in total. The number of amides is 1. The van der Waals surface area contributed by atoms with Crippen molar-refractivity contribution < 1.29 is 45.0 Å². The van der Waals surface area contributed by atoms with Gasteiger partial charge in [0.2, 0.25) is 15.6 Å². The van der Waals surface area contributed by atoms with Gasteiger partial charge in [-0.25, -0.2) is 21.6 Å². The number of carbonyl (C=O) groups excluding carboxylic acids is 1. The Bertz CT molecular complexity index is 1300. The largest absolute Gasteiger partial charge is 0.426 e. The molecule has 0 aliphatic rings. The first-order valence-electron chi connectivity index (χ1n) is 9.57. The van der Waals surface area contributed by atoms with Crippen LogP contribution in [0.1, 0.15) is 13.8 Å². The third kappa shape index (κ3) is 7.05. The summed E-state index contributed by atoms with van der Waals surface area (Å²) in [7, 11) is -8.21. The molecule has 2 aromatic carbocycles. The molecule has 0 radical (unpaired) electrons. The molecule has 0 saturated heterocycles. The lowest BCUT2D eigenvalue weighted by atomic mass is 10.1. The number of carbonyl (C=O) groups is 1. The monoisotopic (exact) mass is 559 g/mol. The number of benzene rings is 2. The van der Waals surface area contributed by atoms with Crippen LogP contribution in [-0.4, -0.2) is 57.4 Å². The van der Waals surface area contributed by atoms with Crippen LogP contribution < -0.4 is 14.8 Å². The summed E-state index contributed by atoms with van der Waals surface area (Å²) in [5.74, 6) is -1.82. The zero-order valence-corrected chi connectivity index (χ0v) is 20.5. The van der Waals surface area contributed by atoms with Gasteiger partial charge in [-0.3, -0.25) is 9.52 Å². The van der Waals surface area contributed by atoms with Gasteiger partial charge < -0.3 is 15.5 Å². The van der Waals surface area contributed by atoms with Crippen LogP contribution in [0.25, 0.3) is 0 Å². The van der Waals surface area contributed by atoms with Crippen LogP contribution in [0.3, 0.4) is 0 Å². The summed E-state index contributed by atoms with van der Waals surface area (Å²) < 4.78 is 92.3. The minimum Gasteiger partial charge on any atom is -0.392 e. The van der Waals surface area contributed by atoms with Crippen molar-refractivity contribution in [2.45, 2.75) is 41.5 Å². The van der Waals surface area contributed by atoms with Crippen LogP contribution in [0.5, 0.6) is 0 Å². The van der Waals surface area contributed by atoms with Crippen molar-refractivity contribution in [3.63, 3.8) is 0 Å². The highest BCUT2D eigenvalue weighted by molar-refractivity contribution is 7.92. The Kier molecular flexibility index (Phi) is 8.46. The molecule has 16 heteroatoms. The summed E-state index contributed by atoms with van der Waals surface area (Å²) in [6, 6.07) is 7.34. The van der Waals surface area contributed by atoms with Gasteiger partial charge in [-0.1, -0.05) is 11.6 Å². The van der Waals surface area contributed by atoms with E-state index in [1.807, 2.05) is 0 Å². The minimum atomic E-state index is -5.26. The molecule has 2 rings (SSSR count). The van der Waals surface area contributed by atoms with Crippen LogP contribution in [0.15, 0.2) is 52.3 Å². The van der Waals surface area contributed by atoms with Crippen LogP contribution >= 0.6 is 11.6 Å². The molecule has 0 fully saturated rings. The second-order valence-corrected chi connectivity index (χ2v) is 11.4. The smallest absolute Gasteiger partial charge is 0.392 e. The Hall–Kier alpha value is -2.43. The van der Waals surface area contributed by atoms with Crippen molar-refractivity contribution >= 4 is 48.9 Å². The van der Waals surface area contributed by atoms with Crippen LogP contribution in [-0.2, 0) is 24.8 Å². The van der Waals surface area contributed by atoms with Crippen LogP contribution in [0, 0.1) is 0 Å². The number of anilines is 2. The molecule has 0 aliphatic heterocycles. The average molecular weight is 560 g/mol. The third-order valence-electron chi connectivity index (χ3n) is 4.48. The Morgan fingerprint density at radius 2 is 1.57 bits per heavy atom. The maximum Gasteiger partial charge on any atom is 0.426 e. The van der Waals surface area contributed by atoms with Crippen molar-refractivity contribution in [1.29, 1.82) is 0 Å². The molecule has 0 heterocycles. The zero-order chi connectivity index (χ0) is 26.8. The van der Waals surface area contributed by atoms with Crippen molar-refractivity contribution in [1.82, 2.24) is 4.72 Å². The lowest BCUT2D eigenvalue weighted by molar-refractivity contribution is -0.242. The fraction of sp³-hybridized carbons (Fsp3) is 0.316. The van der Waals surface area contributed by atoms with E-state index >= 15 is 0 Å². The van der Waals surface area contributed by atoms with Crippen molar-refractivity contribution in [3.05, 3.63) is 47.5 Å². The first-order chi connectivity index (χ1) is 15.9. The summed E-state index contributed by atoms with van der Waals surface area (Å²) >= 11 is 5.91. The first kappa shape index (κ1) is 28.8. The molecule has 1 amide bonds. The standard InChI is InChI=1S/C19H21ClF3N3O7S2/c1-11(27)10-24-34(30,31)13-5-3-12(4-6-13)26-35(32,33)14-7-8-16(15(20)9-14)25-17(28)18(2,29)19(21,22)23/h3-9,11,24,26-27,29H,10H2,1-2H3,(H,25,28)/t11-,18-/m1/s1. The average Bonchev–Trinajstić information content (AvgIpc) is 2.73. The second-order valence-electron chi connectivity index (χ2n) is 7.50. The van der Waals surface area contributed by atoms with Gasteiger partial charge in [0, 0.05) is 12.2 Å². The maximum absolute atomic E-state index is 12.8. The molecule has 10 nitrogen and oxygen atoms in total. The number of aliphatic hydroxyl groups is 2. The highest BCUT2D eigenvalue weighted by Crippen LogP contribution is 2.33. The molecule has 0 bridgehead atoms. The van der Waals surface area contributed by atoms with E-state index in [4.69, 9.17) is 11.6 Å². The van der Waals surface area contributed by atoms with E-state index < -0.39 is 53.8 Å². The van der Waals surface area contributed by atoms with Gasteiger partial charge in [-0.05, 0) is 56.3 Å². The molecule has 0 spiro atoms. The Morgan fingerprint density at radius 1 is 1.03 bits per heavy atom. The van der Waals surface area contributed by atoms with E-state index in [2.05, 4.69) is 9.44 Å². The normalized spacial score (nSPS) is 15.2. The zero-order valence-electron chi connectivity index (χ0n) is 18.1. The van der Waals surface area contributed by atoms with E-state index in [0.717, 1.165) is 30.3 Å². The first-order valence-corrected chi connectivity index (χ1v) is 12.9. The van der Waals surface area contributed by atoms with Crippen molar-refractivity contribution in [2.24, 2.45) is 0 Å². The number of aliphatic hydroxyl groups excluding tert-OH is 1. The quantitative estimate of drug-likeness (QED) is 0.314. The Labute approximate surface area is 204 Å². The predicted molar refractivity (Wildman–Crippen MR) is 121 cm³/mol. The number of nitrogens with one attached hydrogen (secondary N) is 3. The van der Waals surface area contributed by atoms with Gasteiger partial charge >= 0.3 is 6.18 Å². The predicted octanol–water partition coefficient (Wildman–Crippen LogP) is 2.05. The summed E-state index contributed by atoms with van der Waals surface area (Å²) in [5, 5.41) is 20.0. The number of hydrogen-bond donors (Lipinski definition) is 5. The third-order valence-corrected chi connectivity index (χ3v) is 7.61. The van der Waals surface area contributed by atoms with E-state index in [-0.39, 0.29) is 29.7 Å². The molecule has 0 aromatic heterocycles. The lowest BCUT2D eigenvalue weighted by Crippen LogP contribution is -2.52. The number of alkyl halides is 3. The van der Waals surface area contributed by atoms with Gasteiger partial charge in [0.15, 0.2) is 0 Å². The van der Waals surface area contributed by atoms with E-state index in [0.29, 0.717) is 0 Å². The van der Waals surface area contributed by atoms with E-state index in [1.165, 1.54) is 19.1 Å². The second kappa shape index (κ2) is 10.3. The summed E-state index contributed by atoms with van der Waals surface area (Å²) in [6.07, 6.45) is -6.18. The number of sulfonamides is 2. The highest BCUT2D eigenvalue weighted by atomic mass is 35.5. The SMILES string of the molecule is C[C@@H](O)CNS(=O)(=O)c1ccc(NS(=O)(=O)c2ccc(NC(=O)[C@@](C)(O)C(F)(F)F)c(Cl)c2)cc1. The number of halogens is 4. The molecule has 0 unspecified atom stereocenters. The van der Waals surface area contributed by atoms with E-state index in [9.17, 15) is 45.0 Å². The lowest BCUT2D eigenvalue weighted by Gasteiger charge is -2.25. The summed E-state index contributed by atoms with van der Waals surface area (Å²) in [5.41, 5.74) is -4.11. The molecule has 0 aliphatic carbocycles. The fourth-order valence-corrected chi connectivity index (χ4v) is 4.87. The number of rotatable bonds is 9. The van der Waals surface area contributed by atoms with Gasteiger partial charge in [0.05, 0.1) is 26.6 Å². The van der Waals surface area contributed by atoms with Gasteiger partial charge in [-0.15, -0.1) is 0 Å². The van der Waals surface area contributed by atoms with Crippen LogP contribution in [0.2, 0.25) is 5.02 Å². The molecular formula is C19H21ClF3N3O7S2.